The molecule has 0 radical (unpaired) electrons. The molecule has 0 saturated heterocycles. The second kappa shape index (κ2) is 13.0. The Labute approximate surface area is 199 Å². The number of hydrogen-bond donors (Lipinski definition) is 1. The predicted octanol–water partition coefficient (Wildman–Crippen LogP) is 5.95. The smallest absolute Gasteiger partial charge is 0.243 e. The number of carbonyl (C=O) groups excluding carboxylic acids is 2. The van der Waals surface area contributed by atoms with Crippen LogP contribution in [0.1, 0.15) is 44.7 Å². The van der Waals surface area contributed by atoms with Crippen molar-refractivity contribution in [2.24, 2.45) is 0 Å². The minimum Gasteiger partial charge on any atom is -0.352 e. The van der Waals surface area contributed by atoms with Crippen LogP contribution in [0.25, 0.3) is 0 Å². The number of halogens is 2. The minimum absolute atomic E-state index is 0.00454. The van der Waals surface area contributed by atoms with Crippen LogP contribution in [0.2, 0.25) is 10.0 Å². The summed E-state index contributed by atoms with van der Waals surface area (Å²) < 4.78 is 0. The van der Waals surface area contributed by atoms with E-state index in [9.17, 15) is 9.59 Å². The van der Waals surface area contributed by atoms with E-state index >= 15 is 0 Å². The van der Waals surface area contributed by atoms with Gasteiger partial charge < -0.3 is 10.2 Å². The van der Waals surface area contributed by atoms with E-state index in [-0.39, 0.29) is 17.9 Å². The molecule has 0 spiro atoms. The van der Waals surface area contributed by atoms with Crippen molar-refractivity contribution >= 4 is 46.8 Å². The third-order valence-electron chi connectivity index (χ3n) is 4.73. The quantitative estimate of drug-likeness (QED) is 0.404. The van der Waals surface area contributed by atoms with E-state index in [4.69, 9.17) is 23.2 Å². The van der Waals surface area contributed by atoms with Gasteiger partial charge in [0.2, 0.25) is 11.8 Å². The lowest BCUT2D eigenvalue weighted by Gasteiger charge is -2.31. The number of carbonyl (C=O) groups is 2. The summed E-state index contributed by atoms with van der Waals surface area (Å²) in [6.07, 6.45) is 0.896. The second-order valence-electron chi connectivity index (χ2n) is 7.65. The van der Waals surface area contributed by atoms with Crippen molar-refractivity contribution in [1.29, 1.82) is 0 Å². The topological polar surface area (TPSA) is 49.4 Å². The molecular formula is C24H30Cl2N2O2S. The molecule has 1 N–H and O–H groups in total. The third kappa shape index (κ3) is 8.40. The highest BCUT2D eigenvalue weighted by Crippen LogP contribution is 2.24. The van der Waals surface area contributed by atoms with Crippen LogP contribution in [0.4, 0.5) is 0 Å². The van der Waals surface area contributed by atoms with Crippen molar-refractivity contribution in [2.75, 3.05) is 5.75 Å². The first-order valence-electron chi connectivity index (χ1n) is 10.5. The highest BCUT2D eigenvalue weighted by molar-refractivity contribution is 7.98. The molecule has 2 rings (SSSR count). The summed E-state index contributed by atoms with van der Waals surface area (Å²) in [6.45, 7) is 6.05. The number of nitrogens with zero attached hydrogens (tertiary/aromatic N) is 1. The maximum absolute atomic E-state index is 13.2. The first kappa shape index (κ1) is 25.6. The summed E-state index contributed by atoms with van der Waals surface area (Å²) in [7, 11) is 0. The van der Waals surface area contributed by atoms with E-state index < -0.39 is 6.04 Å². The number of hydrogen-bond acceptors (Lipinski definition) is 3. The zero-order chi connectivity index (χ0) is 22.8. The Morgan fingerprint density at radius 1 is 1.03 bits per heavy atom. The Balaban J connectivity index is 2.09. The number of thioether (sulfide) groups is 1. The second-order valence-corrected chi connectivity index (χ2v) is 9.57. The molecule has 0 heterocycles. The Morgan fingerprint density at radius 2 is 1.74 bits per heavy atom. The molecule has 2 aromatic carbocycles. The van der Waals surface area contributed by atoms with Gasteiger partial charge in [0.1, 0.15) is 6.04 Å². The molecule has 0 aliphatic heterocycles. The molecule has 31 heavy (non-hydrogen) atoms. The first-order valence-corrected chi connectivity index (χ1v) is 12.4. The van der Waals surface area contributed by atoms with Gasteiger partial charge in [-0.25, -0.2) is 0 Å². The molecule has 2 amide bonds. The van der Waals surface area contributed by atoms with Gasteiger partial charge in [-0.2, -0.15) is 11.8 Å². The van der Waals surface area contributed by atoms with E-state index in [1.807, 2.05) is 45.0 Å². The van der Waals surface area contributed by atoms with Crippen LogP contribution >= 0.6 is 35.0 Å². The average Bonchev–Trinajstić information content (AvgIpc) is 2.73. The van der Waals surface area contributed by atoms with Gasteiger partial charge in [0, 0.05) is 30.5 Å². The normalized spacial score (nSPS) is 11.9. The van der Waals surface area contributed by atoms with Crippen LogP contribution in [0.5, 0.6) is 0 Å². The predicted molar refractivity (Wildman–Crippen MR) is 132 cm³/mol. The summed E-state index contributed by atoms with van der Waals surface area (Å²) in [6, 6.07) is 14.9. The number of rotatable bonds is 11. The van der Waals surface area contributed by atoms with Gasteiger partial charge in [-0.1, -0.05) is 66.5 Å². The molecule has 0 aliphatic carbocycles. The van der Waals surface area contributed by atoms with Crippen molar-refractivity contribution in [1.82, 2.24) is 10.2 Å². The highest BCUT2D eigenvalue weighted by atomic mass is 35.5. The van der Waals surface area contributed by atoms with E-state index in [2.05, 4.69) is 17.4 Å². The van der Waals surface area contributed by atoms with E-state index in [1.165, 1.54) is 5.56 Å². The van der Waals surface area contributed by atoms with Gasteiger partial charge in [0.15, 0.2) is 0 Å². The van der Waals surface area contributed by atoms with Crippen LogP contribution in [-0.2, 0) is 21.9 Å². The Bertz CT molecular complexity index is 862. The Kier molecular flexibility index (Phi) is 10.7. The van der Waals surface area contributed by atoms with E-state index in [0.29, 0.717) is 35.2 Å². The molecule has 0 bridgehead atoms. The van der Waals surface area contributed by atoms with Gasteiger partial charge in [-0.3, -0.25) is 9.59 Å². The zero-order valence-electron chi connectivity index (χ0n) is 18.2. The van der Waals surface area contributed by atoms with Crippen molar-refractivity contribution in [3.05, 3.63) is 69.7 Å². The summed E-state index contributed by atoms with van der Waals surface area (Å²) in [5.74, 6) is 1.36. The molecule has 0 aliphatic rings. The van der Waals surface area contributed by atoms with Crippen LogP contribution in [0.15, 0.2) is 48.5 Å². The Hall–Kier alpha value is -1.69. The fourth-order valence-corrected chi connectivity index (χ4v) is 4.41. The Morgan fingerprint density at radius 3 is 2.35 bits per heavy atom. The van der Waals surface area contributed by atoms with Gasteiger partial charge in [0.25, 0.3) is 0 Å². The molecule has 2 aromatic rings. The molecule has 0 fully saturated rings. The summed E-state index contributed by atoms with van der Waals surface area (Å²) in [5.41, 5.74) is 2.07. The first-order chi connectivity index (χ1) is 14.8. The van der Waals surface area contributed by atoms with E-state index in [1.54, 1.807) is 28.8 Å². The lowest BCUT2D eigenvalue weighted by Crippen LogP contribution is -2.50. The molecule has 7 heteroatoms. The van der Waals surface area contributed by atoms with Gasteiger partial charge in [-0.05, 0) is 43.5 Å². The molecule has 0 unspecified atom stereocenters. The summed E-state index contributed by atoms with van der Waals surface area (Å²) in [4.78, 5) is 27.6. The standard InChI is InChI=1S/C24H30Cl2N2O2S/c1-4-22(24(30)27-17(2)3)28(15-19-10-11-20(25)21(26)14-19)23(29)12-13-31-16-18-8-6-5-7-9-18/h5-11,14,17,22H,4,12-13,15-16H2,1-3H3,(H,27,30)/t22-/m0/s1. The lowest BCUT2D eigenvalue weighted by atomic mass is 10.1. The van der Waals surface area contributed by atoms with Crippen LogP contribution in [0, 0.1) is 0 Å². The summed E-state index contributed by atoms with van der Waals surface area (Å²) >= 11 is 13.9. The van der Waals surface area contributed by atoms with Gasteiger partial charge >= 0.3 is 0 Å². The lowest BCUT2D eigenvalue weighted by molar-refractivity contribution is -0.141. The average molecular weight is 481 g/mol. The zero-order valence-corrected chi connectivity index (χ0v) is 20.6. The van der Waals surface area contributed by atoms with Crippen LogP contribution in [-0.4, -0.2) is 34.6 Å². The molecule has 0 aromatic heterocycles. The molecular weight excluding hydrogens is 451 g/mol. The number of benzene rings is 2. The molecule has 0 saturated carbocycles. The fraction of sp³-hybridized carbons (Fsp3) is 0.417. The van der Waals surface area contributed by atoms with Gasteiger partial charge in [0.05, 0.1) is 10.0 Å². The monoisotopic (exact) mass is 480 g/mol. The van der Waals surface area contributed by atoms with Crippen molar-refractivity contribution < 1.29 is 9.59 Å². The fourth-order valence-electron chi connectivity index (χ4n) is 3.20. The SMILES string of the molecule is CC[C@@H](C(=O)NC(C)C)N(Cc1ccc(Cl)c(Cl)c1)C(=O)CCSCc1ccccc1. The van der Waals surface area contributed by atoms with Crippen molar-refractivity contribution in [3.8, 4) is 0 Å². The van der Waals surface area contributed by atoms with Crippen LogP contribution in [0.3, 0.4) is 0 Å². The van der Waals surface area contributed by atoms with Crippen molar-refractivity contribution in [3.63, 3.8) is 0 Å². The largest absolute Gasteiger partial charge is 0.352 e. The third-order valence-corrected chi connectivity index (χ3v) is 6.49. The summed E-state index contributed by atoms with van der Waals surface area (Å²) in [5, 5.41) is 3.84. The molecule has 4 nitrogen and oxygen atoms in total. The molecule has 1 atom stereocenters. The number of nitrogens with one attached hydrogen (secondary N) is 1. The van der Waals surface area contributed by atoms with Gasteiger partial charge in [-0.15, -0.1) is 0 Å². The molecule has 168 valence electrons. The van der Waals surface area contributed by atoms with Crippen molar-refractivity contribution in [2.45, 2.75) is 58.0 Å². The highest BCUT2D eigenvalue weighted by Gasteiger charge is 2.28. The minimum atomic E-state index is -0.538. The number of amides is 2. The maximum atomic E-state index is 13.2. The van der Waals surface area contributed by atoms with E-state index in [0.717, 1.165) is 11.3 Å². The maximum Gasteiger partial charge on any atom is 0.243 e. The van der Waals surface area contributed by atoms with Crippen LogP contribution < -0.4 is 5.32 Å².